The zero-order valence-electron chi connectivity index (χ0n) is 9.65. The van der Waals surface area contributed by atoms with Crippen LogP contribution in [0.25, 0.3) is 0 Å². The molecule has 96 valence electrons. The van der Waals surface area contributed by atoms with Crippen molar-refractivity contribution < 1.29 is 9.53 Å². The number of thiol groups is 1. The van der Waals surface area contributed by atoms with Gasteiger partial charge in [-0.25, -0.2) is 0 Å². The zero-order chi connectivity index (χ0) is 12.2. The standard InChI is InChI=1S/C10H23N3O2S/c11-4-2-1-3-9(12)10(14)13-5-6-15-7-8-16/h9,16H,1-8,11-12H2,(H,13,14). The highest BCUT2D eigenvalue weighted by Crippen LogP contribution is 1.97. The minimum absolute atomic E-state index is 0.119. The molecule has 0 aliphatic rings. The Morgan fingerprint density at radius 1 is 1.38 bits per heavy atom. The summed E-state index contributed by atoms with van der Waals surface area (Å²) in [6.07, 6.45) is 2.48. The number of hydrogen-bond donors (Lipinski definition) is 4. The number of ether oxygens (including phenoxy) is 1. The topological polar surface area (TPSA) is 90.4 Å². The van der Waals surface area contributed by atoms with Crippen LogP contribution in [0.4, 0.5) is 0 Å². The number of carbonyl (C=O) groups is 1. The van der Waals surface area contributed by atoms with Gasteiger partial charge in [-0.2, -0.15) is 12.6 Å². The van der Waals surface area contributed by atoms with Crippen molar-refractivity contribution in [2.75, 3.05) is 32.1 Å². The number of amides is 1. The molecule has 0 aromatic heterocycles. The van der Waals surface area contributed by atoms with E-state index in [4.69, 9.17) is 16.2 Å². The van der Waals surface area contributed by atoms with Crippen molar-refractivity contribution in [3.8, 4) is 0 Å². The molecule has 5 N–H and O–H groups in total. The molecule has 16 heavy (non-hydrogen) atoms. The largest absolute Gasteiger partial charge is 0.379 e. The summed E-state index contributed by atoms with van der Waals surface area (Å²) in [6, 6.07) is -0.434. The lowest BCUT2D eigenvalue weighted by Gasteiger charge is -2.11. The third kappa shape index (κ3) is 8.96. The predicted octanol–water partition coefficient (Wildman–Crippen LogP) is -0.495. The van der Waals surface area contributed by atoms with Crippen LogP contribution in [-0.4, -0.2) is 44.0 Å². The molecule has 0 fully saturated rings. The monoisotopic (exact) mass is 249 g/mol. The van der Waals surface area contributed by atoms with Gasteiger partial charge in [0.15, 0.2) is 0 Å². The molecular weight excluding hydrogens is 226 g/mol. The van der Waals surface area contributed by atoms with Crippen LogP contribution in [0.15, 0.2) is 0 Å². The molecule has 0 aromatic rings. The maximum absolute atomic E-state index is 11.4. The SMILES string of the molecule is NCCCCC(N)C(=O)NCCOCCS. The molecule has 0 bridgehead atoms. The van der Waals surface area contributed by atoms with Gasteiger partial charge >= 0.3 is 0 Å². The van der Waals surface area contributed by atoms with Crippen LogP contribution >= 0.6 is 12.6 Å². The van der Waals surface area contributed by atoms with E-state index >= 15 is 0 Å². The average molecular weight is 249 g/mol. The van der Waals surface area contributed by atoms with Crippen LogP contribution in [0, 0.1) is 0 Å². The molecular formula is C10H23N3O2S. The third-order valence-corrected chi connectivity index (χ3v) is 2.27. The van der Waals surface area contributed by atoms with Gasteiger partial charge in [0.05, 0.1) is 19.3 Å². The van der Waals surface area contributed by atoms with Gasteiger partial charge in [0.25, 0.3) is 0 Å². The third-order valence-electron chi connectivity index (χ3n) is 2.09. The van der Waals surface area contributed by atoms with Gasteiger partial charge in [-0.1, -0.05) is 6.42 Å². The van der Waals surface area contributed by atoms with Gasteiger partial charge in [-0.15, -0.1) is 0 Å². The summed E-state index contributed by atoms with van der Waals surface area (Å²) in [4.78, 5) is 11.4. The van der Waals surface area contributed by atoms with Crippen LogP contribution in [0.2, 0.25) is 0 Å². The molecule has 1 atom stereocenters. The first-order valence-electron chi connectivity index (χ1n) is 5.64. The molecule has 5 nitrogen and oxygen atoms in total. The van der Waals surface area contributed by atoms with Crippen LogP contribution in [-0.2, 0) is 9.53 Å². The first kappa shape index (κ1) is 15.7. The quantitative estimate of drug-likeness (QED) is 0.310. The lowest BCUT2D eigenvalue weighted by Crippen LogP contribution is -2.41. The van der Waals surface area contributed by atoms with Gasteiger partial charge < -0.3 is 21.5 Å². The zero-order valence-corrected chi connectivity index (χ0v) is 10.5. The van der Waals surface area contributed by atoms with E-state index in [0.717, 1.165) is 12.8 Å². The summed E-state index contributed by atoms with van der Waals surface area (Å²) in [6.45, 7) is 2.24. The Morgan fingerprint density at radius 3 is 2.75 bits per heavy atom. The van der Waals surface area contributed by atoms with Crippen molar-refractivity contribution in [2.45, 2.75) is 25.3 Å². The minimum atomic E-state index is -0.434. The highest BCUT2D eigenvalue weighted by Gasteiger charge is 2.11. The van der Waals surface area contributed by atoms with Crippen molar-refractivity contribution in [1.82, 2.24) is 5.32 Å². The normalized spacial score (nSPS) is 12.4. The van der Waals surface area contributed by atoms with E-state index in [0.29, 0.717) is 38.5 Å². The number of nitrogens with one attached hydrogen (secondary N) is 1. The number of nitrogens with two attached hydrogens (primary N) is 2. The van der Waals surface area contributed by atoms with Crippen molar-refractivity contribution in [3.05, 3.63) is 0 Å². The van der Waals surface area contributed by atoms with Gasteiger partial charge in [-0.3, -0.25) is 4.79 Å². The molecule has 0 aliphatic carbocycles. The molecule has 6 heteroatoms. The molecule has 0 aliphatic heterocycles. The molecule has 0 saturated carbocycles. The lowest BCUT2D eigenvalue weighted by atomic mass is 10.1. The molecule has 0 rings (SSSR count). The summed E-state index contributed by atoms with van der Waals surface area (Å²) in [5.74, 6) is 0.568. The Bertz CT molecular complexity index is 181. The Balaban J connectivity index is 3.40. The second-order valence-electron chi connectivity index (χ2n) is 3.52. The second kappa shape index (κ2) is 11.2. The van der Waals surface area contributed by atoms with Crippen molar-refractivity contribution >= 4 is 18.5 Å². The summed E-state index contributed by atoms with van der Waals surface area (Å²) < 4.78 is 5.16. The molecule has 0 radical (unpaired) electrons. The Kier molecular flexibility index (Phi) is 11.0. The van der Waals surface area contributed by atoms with Crippen LogP contribution in [0.1, 0.15) is 19.3 Å². The molecule has 0 spiro atoms. The smallest absolute Gasteiger partial charge is 0.236 e. The van der Waals surface area contributed by atoms with Crippen molar-refractivity contribution in [2.24, 2.45) is 11.5 Å². The van der Waals surface area contributed by atoms with E-state index in [1.165, 1.54) is 0 Å². The van der Waals surface area contributed by atoms with E-state index < -0.39 is 6.04 Å². The van der Waals surface area contributed by atoms with Gasteiger partial charge in [-0.05, 0) is 19.4 Å². The van der Waals surface area contributed by atoms with E-state index in [2.05, 4.69) is 17.9 Å². The Labute approximate surface area is 103 Å². The predicted molar refractivity (Wildman–Crippen MR) is 68.6 cm³/mol. The van der Waals surface area contributed by atoms with E-state index in [-0.39, 0.29) is 5.91 Å². The minimum Gasteiger partial charge on any atom is -0.379 e. The van der Waals surface area contributed by atoms with E-state index in [1.807, 2.05) is 0 Å². The van der Waals surface area contributed by atoms with Crippen molar-refractivity contribution in [3.63, 3.8) is 0 Å². The maximum Gasteiger partial charge on any atom is 0.236 e. The van der Waals surface area contributed by atoms with Crippen LogP contribution in [0.5, 0.6) is 0 Å². The van der Waals surface area contributed by atoms with Crippen LogP contribution < -0.4 is 16.8 Å². The maximum atomic E-state index is 11.4. The fourth-order valence-corrected chi connectivity index (χ4v) is 1.31. The van der Waals surface area contributed by atoms with Gasteiger partial charge in [0, 0.05) is 12.3 Å². The van der Waals surface area contributed by atoms with Crippen molar-refractivity contribution in [1.29, 1.82) is 0 Å². The van der Waals surface area contributed by atoms with E-state index in [9.17, 15) is 4.79 Å². The summed E-state index contributed by atoms with van der Waals surface area (Å²) >= 11 is 4.00. The number of hydrogen-bond acceptors (Lipinski definition) is 5. The summed E-state index contributed by atoms with van der Waals surface area (Å²) in [7, 11) is 0. The Hall–Kier alpha value is -0.300. The first-order valence-corrected chi connectivity index (χ1v) is 6.27. The molecule has 0 aromatic carbocycles. The summed E-state index contributed by atoms with van der Waals surface area (Å²) in [5.41, 5.74) is 11.0. The number of carbonyl (C=O) groups excluding carboxylic acids is 1. The van der Waals surface area contributed by atoms with Gasteiger partial charge in [0.1, 0.15) is 0 Å². The Morgan fingerprint density at radius 2 is 2.12 bits per heavy atom. The highest BCUT2D eigenvalue weighted by atomic mass is 32.1. The second-order valence-corrected chi connectivity index (χ2v) is 3.97. The lowest BCUT2D eigenvalue weighted by molar-refractivity contribution is -0.122. The molecule has 0 heterocycles. The molecule has 1 unspecified atom stereocenters. The van der Waals surface area contributed by atoms with Crippen LogP contribution in [0.3, 0.4) is 0 Å². The number of rotatable bonds is 10. The molecule has 1 amide bonds. The number of unbranched alkanes of at least 4 members (excludes halogenated alkanes) is 1. The fourth-order valence-electron chi connectivity index (χ4n) is 1.18. The average Bonchev–Trinajstić information content (AvgIpc) is 2.28. The summed E-state index contributed by atoms with van der Waals surface area (Å²) in [5, 5.41) is 2.72. The van der Waals surface area contributed by atoms with Gasteiger partial charge in [0.2, 0.25) is 5.91 Å². The highest BCUT2D eigenvalue weighted by molar-refractivity contribution is 7.80. The van der Waals surface area contributed by atoms with E-state index in [1.54, 1.807) is 0 Å². The first-order chi connectivity index (χ1) is 7.72. The molecule has 0 saturated heterocycles. The fraction of sp³-hybridized carbons (Fsp3) is 0.900.